The fourth-order valence-electron chi connectivity index (χ4n) is 7.46. The van der Waals surface area contributed by atoms with E-state index in [1.165, 1.54) is 56.1 Å². The van der Waals surface area contributed by atoms with Gasteiger partial charge in [0.15, 0.2) is 11.5 Å². The molecule has 0 bridgehead atoms. The van der Waals surface area contributed by atoms with Crippen molar-refractivity contribution in [1.29, 1.82) is 0 Å². The molecule has 3 amide bonds. The number of rotatable bonds is 16. The van der Waals surface area contributed by atoms with Gasteiger partial charge >= 0.3 is 5.97 Å². The average molecular weight is 882 g/mol. The SMILES string of the molecule is CCOC(=O)c1c(NC(=O)C(Sc2cccc(NC(=O)/C(=C\c3cc(OC)c(OC)c(OC)c3)NC(=O)c3ccccc3)c2)c2ccccc2)sc2c1CCC(c1ccccc1)C2. The summed E-state index contributed by atoms with van der Waals surface area (Å²) in [5.41, 5.74) is 4.59. The molecule has 11 nitrogen and oxygen atoms in total. The monoisotopic (exact) mass is 881 g/mol. The summed E-state index contributed by atoms with van der Waals surface area (Å²) in [7, 11) is 4.47. The third kappa shape index (κ3) is 10.6. The zero-order chi connectivity index (χ0) is 44.3. The molecule has 0 saturated carbocycles. The number of carbonyl (C=O) groups is 4. The molecular weight excluding hydrogens is 835 g/mol. The minimum atomic E-state index is -0.746. The summed E-state index contributed by atoms with van der Waals surface area (Å²) in [5, 5.41) is 8.56. The van der Waals surface area contributed by atoms with Crippen LogP contribution in [-0.4, -0.2) is 51.6 Å². The van der Waals surface area contributed by atoms with E-state index in [-0.39, 0.29) is 18.2 Å². The van der Waals surface area contributed by atoms with Crippen molar-refractivity contribution < 1.29 is 38.1 Å². The van der Waals surface area contributed by atoms with Gasteiger partial charge in [-0.2, -0.15) is 0 Å². The number of thiophene rings is 1. The van der Waals surface area contributed by atoms with E-state index in [0.717, 1.165) is 28.8 Å². The van der Waals surface area contributed by atoms with Crippen LogP contribution in [0.1, 0.15) is 72.4 Å². The molecule has 1 aliphatic rings. The second kappa shape index (κ2) is 20.8. The van der Waals surface area contributed by atoms with Crippen molar-refractivity contribution in [3.05, 3.63) is 171 Å². The van der Waals surface area contributed by atoms with Crippen molar-refractivity contribution in [3.63, 3.8) is 0 Å². The molecule has 0 spiro atoms. The zero-order valence-electron chi connectivity index (χ0n) is 35.3. The maximum Gasteiger partial charge on any atom is 0.341 e. The molecule has 3 N–H and O–H groups in total. The highest BCUT2D eigenvalue weighted by Gasteiger charge is 2.32. The van der Waals surface area contributed by atoms with Gasteiger partial charge in [0.1, 0.15) is 15.9 Å². The highest BCUT2D eigenvalue weighted by atomic mass is 32.2. The lowest BCUT2D eigenvalue weighted by Gasteiger charge is -2.23. The molecule has 0 radical (unpaired) electrons. The second-order valence-electron chi connectivity index (χ2n) is 14.5. The first-order chi connectivity index (χ1) is 30.7. The normalized spacial score (nSPS) is 13.8. The Kier molecular flexibility index (Phi) is 14.6. The van der Waals surface area contributed by atoms with Gasteiger partial charge in [-0.3, -0.25) is 14.4 Å². The molecule has 7 rings (SSSR count). The molecule has 6 aromatic rings. The van der Waals surface area contributed by atoms with Crippen molar-refractivity contribution in [3.8, 4) is 17.2 Å². The number of esters is 1. The number of ether oxygens (including phenoxy) is 4. The predicted octanol–water partition coefficient (Wildman–Crippen LogP) is 10.1. The Morgan fingerprint density at radius 1 is 0.794 bits per heavy atom. The maximum atomic E-state index is 14.5. The van der Waals surface area contributed by atoms with E-state index in [1.807, 2.05) is 54.6 Å². The number of nitrogens with one attached hydrogen (secondary N) is 3. The lowest BCUT2D eigenvalue weighted by molar-refractivity contribution is -0.116. The number of methoxy groups -OCH3 is 3. The van der Waals surface area contributed by atoms with Crippen molar-refractivity contribution in [2.75, 3.05) is 38.6 Å². The van der Waals surface area contributed by atoms with Gasteiger partial charge in [-0.05, 0) is 103 Å². The molecule has 2 atom stereocenters. The number of fused-ring (bicyclic) bond motifs is 1. The Balaban J connectivity index is 1.16. The molecule has 322 valence electrons. The fraction of sp³-hybridized carbons (Fsp3) is 0.200. The molecular formula is C50H47N3O8S2. The van der Waals surface area contributed by atoms with Crippen LogP contribution in [0.2, 0.25) is 0 Å². The number of amides is 3. The molecule has 2 unspecified atom stereocenters. The summed E-state index contributed by atoms with van der Waals surface area (Å²) in [6.45, 7) is 1.98. The largest absolute Gasteiger partial charge is 0.493 e. The Labute approximate surface area is 374 Å². The van der Waals surface area contributed by atoms with E-state index in [0.29, 0.717) is 61.9 Å². The van der Waals surface area contributed by atoms with Gasteiger partial charge in [-0.25, -0.2) is 4.79 Å². The fourth-order valence-corrected chi connectivity index (χ4v) is 9.86. The van der Waals surface area contributed by atoms with Crippen LogP contribution in [-0.2, 0) is 27.2 Å². The first-order valence-corrected chi connectivity index (χ1v) is 22.1. The Morgan fingerprint density at radius 3 is 2.11 bits per heavy atom. The summed E-state index contributed by atoms with van der Waals surface area (Å²) >= 11 is 2.74. The standard InChI is InChI=1S/C50H47N3O8S2/c1-5-61-50(57)43-38-25-24-35(32-16-9-6-10-17-32)29-42(38)63-49(43)53-48(56)45(33-18-11-7-12-19-33)62-37-23-15-22-36(30-37)51-47(55)39(52-46(54)34-20-13-8-14-21-34)26-31-27-40(58-2)44(60-4)41(28-31)59-3/h6-23,26-28,30,35,45H,5,24-25,29H2,1-4H3,(H,51,55)(H,52,54)(H,53,56)/b39-26+. The highest BCUT2D eigenvalue weighted by Crippen LogP contribution is 2.45. The molecule has 13 heteroatoms. The average Bonchev–Trinajstić information content (AvgIpc) is 3.68. The first kappa shape index (κ1) is 44.2. The van der Waals surface area contributed by atoms with Crippen LogP contribution in [0, 0.1) is 0 Å². The van der Waals surface area contributed by atoms with Gasteiger partial charge < -0.3 is 34.9 Å². The van der Waals surface area contributed by atoms with Gasteiger partial charge in [-0.1, -0.05) is 84.9 Å². The minimum absolute atomic E-state index is 0.0520. The summed E-state index contributed by atoms with van der Waals surface area (Å²) in [6, 6.07) is 38.8. The van der Waals surface area contributed by atoms with Crippen molar-refractivity contribution >= 4 is 63.6 Å². The molecule has 1 aromatic heterocycles. The lowest BCUT2D eigenvalue weighted by atomic mass is 9.83. The van der Waals surface area contributed by atoms with Crippen LogP contribution in [0.4, 0.5) is 10.7 Å². The van der Waals surface area contributed by atoms with E-state index in [2.05, 4.69) is 28.1 Å². The Hall–Kier alpha value is -6.83. The summed E-state index contributed by atoms with van der Waals surface area (Å²) in [5.74, 6) is -0.443. The van der Waals surface area contributed by atoms with E-state index in [1.54, 1.807) is 67.6 Å². The van der Waals surface area contributed by atoms with E-state index in [9.17, 15) is 19.2 Å². The quantitative estimate of drug-likeness (QED) is 0.0492. The molecule has 1 aliphatic carbocycles. The minimum Gasteiger partial charge on any atom is -0.493 e. The Morgan fingerprint density at radius 2 is 1.46 bits per heavy atom. The lowest BCUT2D eigenvalue weighted by Crippen LogP contribution is -2.30. The topological polar surface area (TPSA) is 141 Å². The molecule has 0 saturated heterocycles. The van der Waals surface area contributed by atoms with Crippen LogP contribution < -0.4 is 30.2 Å². The number of anilines is 2. The van der Waals surface area contributed by atoms with Crippen LogP contribution in [0.3, 0.4) is 0 Å². The van der Waals surface area contributed by atoms with Gasteiger partial charge in [-0.15, -0.1) is 23.1 Å². The number of hydrogen-bond donors (Lipinski definition) is 3. The van der Waals surface area contributed by atoms with Crippen LogP contribution in [0.5, 0.6) is 17.2 Å². The molecule has 0 aliphatic heterocycles. The molecule has 0 fully saturated rings. The number of benzene rings is 5. The van der Waals surface area contributed by atoms with Crippen molar-refractivity contribution in [1.82, 2.24) is 5.32 Å². The molecule has 5 aromatic carbocycles. The Bertz CT molecular complexity index is 2590. The van der Waals surface area contributed by atoms with Gasteiger partial charge in [0, 0.05) is 21.0 Å². The third-order valence-corrected chi connectivity index (χ3v) is 12.9. The predicted molar refractivity (Wildman–Crippen MR) is 248 cm³/mol. The zero-order valence-corrected chi connectivity index (χ0v) is 36.9. The van der Waals surface area contributed by atoms with E-state index in [4.69, 9.17) is 18.9 Å². The van der Waals surface area contributed by atoms with Gasteiger partial charge in [0.05, 0.1) is 33.5 Å². The third-order valence-electron chi connectivity index (χ3n) is 10.5. The van der Waals surface area contributed by atoms with Crippen molar-refractivity contribution in [2.45, 2.75) is 42.2 Å². The summed E-state index contributed by atoms with van der Waals surface area (Å²) in [4.78, 5) is 57.3. The first-order valence-electron chi connectivity index (χ1n) is 20.4. The number of hydrogen-bond acceptors (Lipinski definition) is 10. The molecule has 63 heavy (non-hydrogen) atoms. The highest BCUT2D eigenvalue weighted by molar-refractivity contribution is 8.00. The van der Waals surface area contributed by atoms with Crippen LogP contribution in [0.25, 0.3) is 6.08 Å². The summed E-state index contributed by atoms with van der Waals surface area (Å²) < 4.78 is 22.1. The number of carbonyl (C=O) groups excluding carboxylic acids is 4. The number of thioether (sulfide) groups is 1. The summed E-state index contributed by atoms with van der Waals surface area (Å²) in [6.07, 6.45) is 3.85. The van der Waals surface area contributed by atoms with Gasteiger partial charge in [0.2, 0.25) is 11.7 Å². The van der Waals surface area contributed by atoms with Crippen molar-refractivity contribution in [2.24, 2.45) is 0 Å². The van der Waals surface area contributed by atoms with E-state index >= 15 is 0 Å². The van der Waals surface area contributed by atoms with Crippen LogP contribution >= 0.6 is 23.1 Å². The van der Waals surface area contributed by atoms with Gasteiger partial charge in [0.25, 0.3) is 11.8 Å². The van der Waals surface area contributed by atoms with Crippen LogP contribution in [0.15, 0.2) is 138 Å². The van der Waals surface area contributed by atoms with E-state index < -0.39 is 23.0 Å². The smallest absolute Gasteiger partial charge is 0.341 e. The molecule has 1 heterocycles. The maximum absolute atomic E-state index is 14.5. The second-order valence-corrected chi connectivity index (χ2v) is 16.8.